The molecule has 34 heavy (non-hydrogen) atoms. The summed E-state index contributed by atoms with van der Waals surface area (Å²) in [5, 5.41) is 1.03. The molecule has 169 valence electrons. The summed E-state index contributed by atoms with van der Waals surface area (Å²) in [6.07, 6.45) is 4.08. The van der Waals surface area contributed by atoms with Crippen molar-refractivity contribution < 1.29 is 9.53 Å². The van der Waals surface area contributed by atoms with Crippen molar-refractivity contribution in [1.29, 1.82) is 0 Å². The highest BCUT2D eigenvalue weighted by Crippen LogP contribution is 2.42. The number of methoxy groups -OCH3 is 1. The number of ketones is 1. The lowest BCUT2D eigenvalue weighted by atomic mass is 9.88. The van der Waals surface area contributed by atoms with Crippen LogP contribution in [0.25, 0.3) is 33.6 Å². The summed E-state index contributed by atoms with van der Waals surface area (Å²) in [5.74, 6) is 0.649. The number of carbonyl (C=O) groups is 1. The maximum Gasteiger partial charge on any atom is 0.216 e. The van der Waals surface area contributed by atoms with Gasteiger partial charge in [-0.1, -0.05) is 59.6 Å². The standard InChI is InChI=1S/C28H21Cl2N2O2/c1-16-9-12-23(32-28(16)34-2)22-7-4-6-20(25(22)29)21-13-14-31-27(26(21)30)18-10-11-19-17(15-18)5-3-8-24(19)33/h4,6-7,9-15H,1,3,5,8H2,2H3. The van der Waals surface area contributed by atoms with Crippen molar-refractivity contribution in [2.45, 2.75) is 19.3 Å². The summed E-state index contributed by atoms with van der Waals surface area (Å²) in [6.45, 7) is 3.93. The molecule has 2 aromatic carbocycles. The van der Waals surface area contributed by atoms with Crippen LogP contribution in [0.4, 0.5) is 0 Å². The molecule has 0 atom stereocenters. The van der Waals surface area contributed by atoms with Gasteiger partial charge in [0.2, 0.25) is 5.88 Å². The van der Waals surface area contributed by atoms with Crippen LogP contribution in [-0.4, -0.2) is 22.9 Å². The van der Waals surface area contributed by atoms with Crippen LogP contribution in [0, 0.1) is 6.92 Å². The highest BCUT2D eigenvalue weighted by Gasteiger charge is 2.20. The summed E-state index contributed by atoms with van der Waals surface area (Å²) in [4.78, 5) is 21.3. The predicted molar refractivity (Wildman–Crippen MR) is 137 cm³/mol. The monoisotopic (exact) mass is 487 g/mol. The van der Waals surface area contributed by atoms with Gasteiger partial charge in [0.15, 0.2) is 5.78 Å². The molecule has 0 N–H and O–H groups in total. The Labute approximate surface area is 208 Å². The summed E-state index contributed by atoms with van der Waals surface area (Å²) in [7, 11) is 1.56. The molecule has 0 saturated carbocycles. The molecule has 0 aliphatic heterocycles. The molecule has 0 saturated heterocycles. The first-order valence-corrected chi connectivity index (χ1v) is 11.7. The van der Waals surface area contributed by atoms with E-state index >= 15 is 0 Å². The van der Waals surface area contributed by atoms with E-state index in [4.69, 9.17) is 27.9 Å². The minimum absolute atomic E-state index is 0.196. The molecule has 6 heteroatoms. The van der Waals surface area contributed by atoms with Gasteiger partial charge in [-0.2, -0.15) is 0 Å². The molecule has 2 aromatic heterocycles. The average Bonchev–Trinajstić information content (AvgIpc) is 2.85. The van der Waals surface area contributed by atoms with Crippen LogP contribution in [0.15, 0.2) is 60.8 Å². The number of carbonyl (C=O) groups excluding carboxylic acids is 1. The van der Waals surface area contributed by atoms with E-state index < -0.39 is 0 Å². The van der Waals surface area contributed by atoms with Gasteiger partial charge in [0.25, 0.3) is 0 Å². The Kier molecular flexibility index (Phi) is 6.11. The Morgan fingerprint density at radius 1 is 0.912 bits per heavy atom. The Hall–Kier alpha value is -3.21. The van der Waals surface area contributed by atoms with Crippen molar-refractivity contribution in [3.05, 3.63) is 94.5 Å². The summed E-state index contributed by atoms with van der Waals surface area (Å²) >= 11 is 13.8. The van der Waals surface area contributed by atoms with Crippen molar-refractivity contribution in [1.82, 2.24) is 9.97 Å². The fourth-order valence-corrected chi connectivity index (χ4v) is 5.03. The second-order valence-corrected chi connectivity index (χ2v) is 8.96. The summed E-state index contributed by atoms with van der Waals surface area (Å²) in [5.41, 5.74) is 7.08. The van der Waals surface area contributed by atoms with E-state index in [9.17, 15) is 4.79 Å². The quantitative estimate of drug-likeness (QED) is 0.299. The SMILES string of the molecule is [CH2]c1ccc(-c2cccc(-c3ccnc(-c4ccc5c(c4)CCCC5=O)c3Cl)c2Cl)nc1OC. The minimum Gasteiger partial charge on any atom is -0.481 e. The van der Waals surface area contributed by atoms with E-state index in [0.29, 0.717) is 39.3 Å². The van der Waals surface area contributed by atoms with Crippen molar-refractivity contribution in [2.24, 2.45) is 0 Å². The third-order valence-electron chi connectivity index (χ3n) is 6.12. The van der Waals surface area contributed by atoms with Gasteiger partial charge in [-0.3, -0.25) is 9.78 Å². The van der Waals surface area contributed by atoms with Gasteiger partial charge < -0.3 is 4.74 Å². The van der Waals surface area contributed by atoms with Crippen LogP contribution >= 0.6 is 23.2 Å². The number of aromatic nitrogens is 2. The highest BCUT2D eigenvalue weighted by atomic mass is 35.5. The van der Waals surface area contributed by atoms with Gasteiger partial charge in [-0.25, -0.2) is 4.98 Å². The largest absolute Gasteiger partial charge is 0.481 e. The van der Waals surface area contributed by atoms with E-state index in [2.05, 4.69) is 16.9 Å². The number of hydrogen-bond donors (Lipinski definition) is 0. The predicted octanol–water partition coefficient (Wildman–Crippen LogP) is 7.49. The molecule has 0 spiro atoms. The fraction of sp³-hybridized carbons (Fsp3) is 0.143. The number of Topliss-reactive ketones (excluding diaryl/α,β-unsaturated/α-hetero) is 1. The lowest BCUT2D eigenvalue weighted by Gasteiger charge is -2.17. The van der Waals surface area contributed by atoms with Gasteiger partial charge >= 0.3 is 0 Å². The zero-order chi connectivity index (χ0) is 23.8. The summed E-state index contributed by atoms with van der Waals surface area (Å²) in [6, 6.07) is 17.1. The Morgan fingerprint density at radius 3 is 2.53 bits per heavy atom. The zero-order valence-corrected chi connectivity index (χ0v) is 20.1. The molecule has 2 heterocycles. The average molecular weight is 488 g/mol. The van der Waals surface area contributed by atoms with Gasteiger partial charge in [0.1, 0.15) is 0 Å². The molecular weight excluding hydrogens is 467 g/mol. The maximum absolute atomic E-state index is 12.2. The molecule has 4 aromatic rings. The van der Waals surface area contributed by atoms with Gasteiger partial charge in [0.05, 0.1) is 28.5 Å². The molecule has 1 radical (unpaired) electrons. The van der Waals surface area contributed by atoms with E-state index in [1.54, 1.807) is 13.3 Å². The van der Waals surface area contributed by atoms with Crippen molar-refractivity contribution >= 4 is 29.0 Å². The van der Waals surface area contributed by atoms with E-state index in [1.807, 2.05) is 54.6 Å². The molecule has 0 bridgehead atoms. The van der Waals surface area contributed by atoms with Gasteiger partial charge in [-0.05, 0) is 43.5 Å². The van der Waals surface area contributed by atoms with Crippen molar-refractivity contribution in [3.63, 3.8) is 0 Å². The molecule has 0 fully saturated rings. The van der Waals surface area contributed by atoms with Crippen LogP contribution in [0.5, 0.6) is 5.88 Å². The van der Waals surface area contributed by atoms with E-state index in [0.717, 1.165) is 46.2 Å². The van der Waals surface area contributed by atoms with Crippen LogP contribution < -0.4 is 4.74 Å². The normalized spacial score (nSPS) is 13.0. The van der Waals surface area contributed by atoms with Crippen LogP contribution in [0.1, 0.15) is 34.3 Å². The first-order chi connectivity index (χ1) is 16.5. The number of hydrogen-bond acceptors (Lipinski definition) is 4. The van der Waals surface area contributed by atoms with Gasteiger partial charge in [-0.15, -0.1) is 0 Å². The van der Waals surface area contributed by atoms with E-state index in [-0.39, 0.29) is 5.78 Å². The number of halogens is 2. The Bertz CT molecular complexity index is 1430. The maximum atomic E-state index is 12.2. The fourth-order valence-electron chi connectivity index (χ4n) is 4.38. The molecular formula is C28H21Cl2N2O2. The lowest BCUT2D eigenvalue weighted by Crippen LogP contribution is -2.10. The van der Waals surface area contributed by atoms with Crippen molar-refractivity contribution in [2.75, 3.05) is 7.11 Å². The number of fused-ring (bicyclic) bond motifs is 1. The molecule has 0 amide bonds. The summed E-state index contributed by atoms with van der Waals surface area (Å²) < 4.78 is 5.32. The van der Waals surface area contributed by atoms with Gasteiger partial charge in [0, 0.05) is 46.0 Å². The van der Waals surface area contributed by atoms with Crippen molar-refractivity contribution in [3.8, 4) is 39.5 Å². The van der Waals surface area contributed by atoms with Crippen LogP contribution in [0.3, 0.4) is 0 Å². The number of rotatable bonds is 4. The smallest absolute Gasteiger partial charge is 0.216 e. The molecule has 1 aliphatic rings. The minimum atomic E-state index is 0.196. The molecule has 4 nitrogen and oxygen atoms in total. The number of benzene rings is 2. The number of nitrogens with zero attached hydrogens (tertiary/aromatic N) is 2. The first kappa shape index (κ1) is 22.6. The number of aryl methyl sites for hydroxylation is 1. The topological polar surface area (TPSA) is 52.1 Å². The number of pyridine rings is 2. The van der Waals surface area contributed by atoms with Crippen LogP contribution in [0.2, 0.25) is 10.0 Å². The lowest BCUT2D eigenvalue weighted by molar-refractivity contribution is 0.0972. The molecule has 1 aliphatic carbocycles. The third-order valence-corrected chi connectivity index (χ3v) is 6.91. The second kappa shape index (κ2) is 9.21. The Balaban J connectivity index is 1.60. The third kappa shape index (κ3) is 3.97. The zero-order valence-electron chi connectivity index (χ0n) is 18.6. The second-order valence-electron chi connectivity index (χ2n) is 8.20. The number of ether oxygens (including phenoxy) is 1. The first-order valence-electron chi connectivity index (χ1n) is 10.9. The van der Waals surface area contributed by atoms with E-state index in [1.165, 1.54) is 0 Å². The molecule has 5 rings (SSSR count). The Morgan fingerprint density at radius 2 is 1.71 bits per heavy atom. The highest BCUT2D eigenvalue weighted by molar-refractivity contribution is 6.39. The van der Waals surface area contributed by atoms with Crippen LogP contribution in [-0.2, 0) is 6.42 Å². The molecule has 0 unspecified atom stereocenters.